The smallest absolute Gasteiger partial charge is 0.236 e. The predicted octanol–water partition coefficient (Wildman–Crippen LogP) is 3.07. The van der Waals surface area contributed by atoms with Crippen LogP contribution in [-0.4, -0.2) is 31.4 Å². The van der Waals surface area contributed by atoms with Crippen molar-refractivity contribution in [2.45, 2.75) is 19.0 Å². The molecule has 0 unspecified atom stereocenters. The second-order valence-corrected chi connectivity index (χ2v) is 6.99. The van der Waals surface area contributed by atoms with E-state index in [0.717, 1.165) is 16.4 Å². The summed E-state index contributed by atoms with van der Waals surface area (Å²) in [5, 5.41) is 12.4. The number of hydrogen-bond acceptors (Lipinski definition) is 6. The molecule has 0 bridgehead atoms. The summed E-state index contributed by atoms with van der Waals surface area (Å²) < 4.78 is 1.94. The van der Waals surface area contributed by atoms with E-state index < -0.39 is 0 Å². The molecule has 0 radical (unpaired) electrons. The summed E-state index contributed by atoms with van der Waals surface area (Å²) >= 11 is 2.81. The maximum atomic E-state index is 12.0. The van der Waals surface area contributed by atoms with Crippen molar-refractivity contribution in [2.75, 3.05) is 11.1 Å². The first kappa shape index (κ1) is 15.7. The lowest BCUT2D eigenvalue weighted by Crippen LogP contribution is -2.14. The fourth-order valence-electron chi connectivity index (χ4n) is 2.01. The van der Waals surface area contributed by atoms with E-state index in [-0.39, 0.29) is 11.7 Å². The van der Waals surface area contributed by atoms with E-state index in [1.807, 2.05) is 48.7 Å². The van der Waals surface area contributed by atoms with Crippen LogP contribution in [0, 0.1) is 13.8 Å². The number of rotatable bonds is 5. The molecule has 0 atom stereocenters. The van der Waals surface area contributed by atoms with E-state index in [0.29, 0.717) is 10.3 Å². The molecule has 1 N–H and O–H groups in total. The Hall–Kier alpha value is -2.19. The number of amides is 1. The molecule has 0 spiro atoms. The molecule has 8 heteroatoms. The van der Waals surface area contributed by atoms with Gasteiger partial charge in [-0.05, 0) is 26.0 Å². The van der Waals surface area contributed by atoms with Gasteiger partial charge >= 0.3 is 0 Å². The number of thiazole rings is 1. The van der Waals surface area contributed by atoms with Crippen molar-refractivity contribution < 1.29 is 4.79 Å². The Morgan fingerprint density at radius 2 is 2.04 bits per heavy atom. The molecule has 2 heterocycles. The summed E-state index contributed by atoms with van der Waals surface area (Å²) in [4.78, 5) is 17.2. The average molecular weight is 345 g/mol. The molecule has 118 valence electrons. The Bertz CT molecular complexity index is 812. The molecular weight excluding hydrogens is 330 g/mol. The Kier molecular flexibility index (Phi) is 4.73. The normalized spacial score (nSPS) is 10.7. The van der Waals surface area contributed by atoms with E-state index in [1.54, 1.807) is 6.20 Å². The minimum Gasteiger partial charge on any atom is -0.301 e. The minimum absolute atomic E-state index is 0.107. The first-order valence-electron chi connectivity index (χ1n) is 6.96. The van der Waals surface area contributed by atoms with Gasteiger partial charge in [-0.1, -0.05) is 30.0 Å². The molecule has 0 saturated heterocycles. The highest BCUT2D eigenvalue weighted by molar-refractivity contribution is 7.99. The van der Waals surface area contributed by atoms with Crippen LogP contribution < -0.4 is 5.32 Å². The molecular formula is C15H15N5OS2. The van der Waals surface area contributed by atoms with Crippen molar-refractivity contribution >= 4 is 34.1 Å². The standard InChI is InChI=1S/C15H15N5OS2/c1-10-8-16-14(23-10)17-13(21)9-22-15-19-18-11(2)20(15)12-6-4-3-5-7-12/h3-8H,9H2,1-2H3,(H,16,17,21). The SMILES string of the molecule is Cc1cnc(NC(=O)CSc2nnc(C)n2-c2ccccc2)s1. The van der Waals surface area contributed by atoms with Crippen LogP contribution >= 0.6 is 23.1 Å². The van der Waals surface area contributed by atoms with Crippen LogP contribution in [0.15, 0.2) is 41.7 Å². The van der Waals surface area contributed by atoms with Gasteiger partial charge in [-0.25, -0.2) is 4.98 Å². The van der Waals surface area contributed by atoms with Crippen molar-refractivity contribution in [1.29, 1.82) is 0 Å². The summed E-state index contributed by atoms with van der Waals surface area (Å²) in [7, 11) is 0. The summed E-state index contributed by atoms with van der Waals surface area (Å²) in [6.45, 7) is 3.84. The molecule has 0 saturated carbocycles. The molecule has 1 amide bonds. The lowest BCUT2D eigenvalue weighted by atomic mass is 10.3. The molecule has 2 aromatic heterocycles. The minimum atomic E-state index is -0.107. The number of carbonyl (C=O) groups is 1. The highest BCUT2D eigenvalue weighted by atomic mass is 32.2. The maximum Gasteiger partial charge on any atom is 0.236 e. The first-order valence-corrected chi connectivity index (χ1v) is 8.76. The molecule has 23 heavy (non-hydrogen) atoms. The zero-order valence-corrected chi connectivity index (χ0v) is 14.3. The molecule has 6 nitrogen and oxygen atoms in total. The predicted molar refractivity (Wildman–Crippen MR) is 92.3 cm³/mol. The number of carbonyl (C=O) groups excluding carboxylic acids is 1. The van der Waals surface area contributed by atoms with Crippen molar-refractivity contribution in [3.05, 3.63) is 47.2 Å². The van der Waals surface area contributed by atoms with E-state index in [4.69, 9.17) is 0 Å². The van der Waals surface area contributed by atoms with Crippen LogP contribution in [-0.2, 0) is 4.79 Å². The van der Waals surface area contributed by atoms with E-state index in [9.17, 15) is 4.79 Å². The number of nitrogens with zero attached hydrogens (tertiary/aromatic N) is 4. The topological polar surface area (TPSA) is 72.7 Å². The maximum absolute atomic E-state index is 12.0. The molecule has 1 aromatic carbocycles. The number of hydrogen-bond donors (Lipinski definition) is 1. The van der Waals surface area contributed by atoms with Gasteiger partial charge in [-0.2, -0.15) is 0 Å². The first-order chi connectivity index (χ1) is 11.1. The Morgan fingerprint density at radius 3 is 2.74 bits per heavy atom. The second-order valence-electron chi connectivity index (χ2n) is 4.81. The van der Waals surface area contributed by atoms with Crippen LogP contribution in [0.5, 0.6) is 0 Å². The average Bonchev–Trinajstić information content (AvgIpc) is 3.12. The lowest BCUT2D eigenvalue weighted by molar-refractivity contribution is -0.113. The van der Waals surface area contributed by atoms with Crippen molar-refractivity contribution in [3.63, 3.8) is 0 Å². The number of thioether (sulfide) groups is 1. The van der Waals surface area contributed by atoms with Crippen LogP contribution in [0.25, 0.3) is 5.69 Å². The van der Waals surface area contributed by atoms with Gasteiger partial charge in [0.15, 0.2) is 10.3 Å². The summed E-state index contributed by atoms with van der Waals surface area (Å²) in [5.74, 6) is 0.933. The van der Waals surface area contributed by atoms with Crippen LogP contribution in [0.2, 0.25) is 0 Å². The number of nitrogens with one attached hydrogen (secondary N) is 1. The highest BCUT2D eigenvalue weighted by Gasteiger charge is 2.13. The lowest BCUT2D eigenvalue weighted by Gasteiger charge is -2.07. The third kappa shape index (κ3) is 3.77. The Morgan fingerprint density at radius 1 is 1.26 bits per heavy atom. The van der Waals surface area contributed by atoms with Crippen LogP contribution in [0.4, 0.5) is 5.13 Å². The molecule has 0 aliphatic carbocycles. The van der Waals surface area contributed by atoms with Gasteiger partial charge in [0.25, 0.3) is 0 Å². The van der Waals surface area contributed by atoms with Gasteiger partial charge in [0.2, 0.25) is 5.91 Å². The molecule has 3 aromatic rings. The molecule has 0 aliphatic heterocycles. The van der Waals surface area contributed by atoms with Crippen molar-refractivity contribution in [1.82, 2.24) is 19.7 Å². The quantitative estimate of drug-likeness (QED) is 0.720. The van der Waals surface area contributed by atoms with Crippen LogP contribution in [0.3, 0.4) is 0 Å². The number of para-hydroxylation sites is 1. The van der Waals surface area contributed by atoms with Gasteiger partial charge in [0.1, 0.15) is 5.82 Å². The third-order valence-electron chi connectivity index (χ3n) is 3.01. The van der Waals surface area contributed by atoms with Crippen molar-refractivity contribution in [3.8, 4) is 5.69 Å². The van der Waals surface area contributed by atoms with Gasteiger partial charge in [-0.15, -0.1) is 21.5 Å². The van der Waals surface area contributed by atoms with Crippen molar-refractivity contribution in [2.24, 2.45) is 0 Å². The molecule has 0 aliphatic rings. The van der Waals surface area contributed by atoms with Gasteiger partial charge in [0, 0.05) is 16.8 Å². The highest BCUT2D eigenvalue weighted by Crippen LogP contribution is 2.22. The largest absolute Gasteiger partial charge is 0.301 e. The van der Waals surface area contributed by atoms with E-state index >= 15 is 0 Å². The zero-order valence-electron chi connectivity index (χ0n) is 12.7. The third-order valence-corrected chi connectivity index (χ3v) is 4.77. The summed E-state index contributed by atoms with van der Waals surface area (Å²) in [6.07, 6.45) is 1.74. The zero-order chi connectivity index (χ0) is 16.2. The fraction of sp³-hybridized carbons (Fsp3) is 0.200. The monoisotopic (exact) mass is 345 g/mol. The number of anilines is 1. The van der Waals surface area contributed by atoms with Gasteiger partial charge in [0.05, 0.1) is 5.75 Å². The number of benzene rings is 1. The summed E-state index contributed by atoms with van der Waals surface area (Å²) in [6, 6.07) is 9.85. The molecule has 0 fully saturated rings. The Balaban J connectivity index is 1.68. The van der Waals surface area contributed by atoms with Gasteiger partial charge in [-0.3, -0.25) is 9.36 Å². The van der Waals surface area contributed by atoms with E-state index in [1.165, 1.54) is 23.1 Å². The fourth-order valence-corrected chi connectivity index (χ4v) is 3.49. The number of aromatic nitrogens is 4. The molecule has 3 rings (SSSR count). The Labute approximate surface area is 142 Å². The second kappa shape index (κ2) is 6.93. The summed E-state index contributed by atoms with van der Waals surface area (Å²) in [5.41, 5.74) is 0.980. The van der Waals surface area contributed by atoms with Gasteiger partial charge < -0.3 is 5.32 Å². The number of aryl methyl sites for hydroxylation is 2. The van der Waals surface area contributed by atoms with E-state index in [2.05, 4.69) is 20.5 Å². The van der Waals surface area contributed by atoms with Crippen LogP contribution in [0.1, 0.15) is 10.7 Å².